The number of rotatable bonds is 4. The van der Waals surface area contributed by atoms with E-state index in [4.69, 9.17) is 10.2 Å². The van der Waals surface area contributed by atoms with Gasteiger partial charge in [0.05, 0.1) is 0 Å². The summed E-state index contributed by atoms with van der Waals surface area (Å²) in [6.07, 6.45) is 3.09. The zero-order valence-electron chi connectivity index (χ0n) is 5.58. The first kappa shape index (κ1) is 7.03. The molecular formula is C7H14O2. The lowest BCUT2D eigenvalue weighted by atomic mass is 10.2. The Hall–Kier alpha value is -0.0800. The summed E-state index contributed by atoms with van der Waals surface area (Å²) in [6.45, 7) is 0.624. The highest BCUT2D eigenvalue weighted by atomic mass is 16.3. The number of hydrogen-bond acceptors (Lipinski definition) is 2. The average molecular weight is 130 g/mol. The van der Waals surface area contributed by atoms with Gasteiger partial charge >= 0.3 is 0 Å². The number of aliphatic hydroxyl groups is 2. The summed E-state index contributed by atoms with van der Waals surface area (Å²) >= 11 is 0. The fourth-order valence-electron chi connectivity index (χ4n) is 1.35. The summed E-state index contributed by atoms with van der Waals surface area (Å²) in [5.74, 6) is 1.45. The second-order valence-corrected chi connectivity index (χ2v) is 2.78. The molecule has 0 saturated heterocycles. The third-order valence-corrected chi connectivity index (χ3v) is 2.07. The van der Waals surface area contributed by atoms with E-state index in [2.05, 4.69) is 0 Å². The van der Waals surface area contributed by atoms with Crippen molar-refractivity contribution in [3.8, 4) is 0 Å². The van der Waals surface area contributed by atoms with Gasteiger partial charge in [-0.25, -0.2) is 0 Å². The highest BCUT2D eigenvalue weighted by molar-refractivity contribution is 4.85. The number of hydrogen-bond donors (Lipinski definition) is 2. The van der Waals surface area contributed by atoms with Crippen LogP contribution in [0.15, 0.2) is 0 Å². The van der Waals surface area contributed by atoms with E-state index in [1.54, 1.807) is 0 Å². The smallest absolute Gasteiger partial charge is 0.0433 e. The molecule has 0 unspecified atom stereocenters. The Bertz CT molecular complexity index is 73.0. The maximum absolute atomic E-state index is 8.50. The van der Waals surface area contributed by atoms with Gasteiger partial charge in [0.2, 0.25) is 0 Å². The van der Waals surface area contributed by atoms with Crippen molar-refractivity contribution in [3.63, 3.8) is 0 Å². The molecule has 0 heterocycles. The highest BCUT2D eigenvalue weighted by Crippen LogP contribution is 2.43. The molecule has 2 atom stereocenters. The van der Waals surface area contributed by atoms with Gasteiger partial charge in [-0.1, -0.05) is 0 Å². The zero-order chi connectivity index (χ0) is 6.69. The van der Waals surface area contributed by atoms with Crippen molar-refractivity contribution in [2.75, 3.05) is 13.2 Å². The molecular weight excluding hydrogens is 116 g/mol. The van der Waals surface area contributed by atoms with E-state index < -0.39 is 0 Å². The second-order valence-electron chi connectivity index (χ2n) is 2.78. The minimum atomic E-state index is 0.312. The van der Waals surface area contributed by atoms with Crippen LogP contribution in [0.3, 0.4) is 0 Å². The summed E-state index contributed by atoms with van der Waals surface area (Å²) in [5.41, 5.74) is 0. The molecule has 1 fully saturated rings. The van der Waals surface area contributed by atoms with Crippen molar-refractivity contribution in [1.82, 2.24) is 0 Å². The van der Waals surface area contributed by atoms with Gasteiger partial charge in [-0.3, -0.25) is 0 Å². The van der Waals surface area contributed by atoms with E-state index in [0.29, 0.717) is 13.2 Å². The van der Waals surface area contributed by atoms with Gasteiger partial charge < -0.3 is 10.2 Å². The minimum absolute atomic E-state index is 0.312. The second kappa shape index (κ2) is 3.18. The Morgan fingerprint density at radius 3 is 1.78 bits per heavy atom. The normalized spacial score (nSPS) is 32.7. The third-order valence-electron chi connectivity index (χ3n) is 2.07. The lowest BCUT2D eigenvalue weighted by molar-refractivity contribution is 0.260. The summed E-state index contributed by atoms with van der Waals surface area (Å²) in [4.78, 5) is 0. The van der Waals surface area contributed by atoms with Gasteiger partial charge in [0.15, 0.2) is 0 Å². The van der Waals surface area contributed by atoms with Gasteiger partial charge in [0.25, 0.3) is 0 Å². The molecule has 54 valence electrons. The molecule has 0 radical (unpaired) electrons. The lowest BCUT2D eigenvalue weighted by Gasteiger charge is -1.92. The first-order chi connectivity index (χ1) is 4.38. The van der Waals surface area contributed by atoms with E-state index in [-0.39, 0.29) is 0 Å². The molecule has 0 aromatic rings. The van der Waals surface area contributed by atoms with E-state index in [0.717, 1.165) is 24.7 Å². The molecule has 2 heteroatoms. The van der Waals surface area contributed by atoms with Crippen molar-refractivity contribution in [2.45, 2.75) is 19.3 Å². The van der Waals surface area contributed by atoms with E-state index in [1.165, 1.54) is 6.42 Å². The van der Waals surface area contributed by atoms with Crippen LogP contribution in [0.2, 0.25) is 0 Å². The van der Waals surface area contributed by atoms with Crippen LogP contribution in [0.25, 0.3) is 0 Å². The van der Waals surface area contributed by atoms with E-state index >= 15 is 0 Å². The van der Waals surface area contributed by atoms with Crippen LogP contribution < -0.4 is 0 Å². The summed E-state index contributed by atoms with van der Waals surface area (Å²) in [6, 6.07) is 0. The van der Waals surface area contributed by atoms with Gasteiger partial charge in [0, 0.05) is 13.2 Å². The first-order valence-electron chi connectivity index (χ1n) is 3.60. The Kier molecular flexibility index (Phi) is 2.49. The van der Waals surface area contributed by atoms with Crippen molar-refractivity contribution < 1.29 is 10.2 Å². The fraction of sp³-hybridized carbons (Fsp3) is 1.00. The van der Waals surface area contributed by atoms with Crippen molar-refractivity contribution >= 4 is 0 Å². The van der Waals surface area contributed by atoms with Crippen molar-refractivity contribution in [3.05, 3.63) is 0 Å². The Labute approximate surface area is 55.5 Å². The molecule has 1 aliphatic carbocycles. The standard InChI is InChI=1S/C7H14O2/c8-3-1-6-5-7(6)2-4-9/h6-9H,1-5H2/t6-,7+. The molecule has 0 amide bonds. The predicted octanol–water partition coefficient (Wildman–Crippen LogP) is 0.387. The highest BCUT2D eigenvalue weighted by Gasteiger charge is 2.34. The van der Waals surface area contributed by atoms with Crippen LogP contribution in [0, 0.1) is 11.8 Å². The Morgan fingerprint density at radius 1 is 1.00 bits per heavy atom. The molecule has 0 aliphatic heterocycles. The van der Waals surface area contributed by atoms with Gasteiger partial charge in [-0.15, -0.1) is 0 Å². The Morgan fingerprint density at radius 2 is 1.44 bits per heavy atom. The molecule has 9 heavy (non-hydrogen) atoms. The quantitative estimate of drug-likeness (QED) is 0.578. The number of aliphatic hydroxyl groups excluding tert-OH is 2. The molecule has 2 nitrogen and oxygen atoms in total. The maximum Gasteiger partial charge on any atom is 0.0433 e. The van der Waals surface area contributed by atoms with Crippen LogP contribution in [0.1, 0.15) is 19.3 Å². The predicted molar refractivity (Wildman–Crippen MR) is 35.0 cm³/mol. The molecule has 0 spiro atoms. The van der Waals surface area contributed by atoms with E-state index in [1.807, 2.05) is 0 Å². The van der Waals surface area contributed by atoms with Crippen molar-refractivity contribution in [1.29, 1.82) is 0 Å². The maximum atomic E-state index is 8.50. The SMILES string of the molecule is OCC[C@@H]1C[C@@H]1CCO. The average Bonchev–Trinajstić information content (AvgIpc) is 2.50. The minimum Gasteiger partial charge on any atom is -0.396 e. The monoisotopic (exact) mass is 130 g/mol. The van der Waals surface area contributed by atoms with Crippen LogP contribution in [0.4, 0.5) is 0 Å². The summed E-state index contributed by atoms with van der Waals surface area (Å²) in [7, 11) is 0. The molecule has 2 N–H and O–H groups in total. The fourth-order valence-corrected chi connectivity index (χ4v) is 1.35. The van der Waals surface area contributed by atoms with Gasteiger partial charge in [-0.05, 0) is 31.1 Å². The zero-order valence-corrected chi connectivity index (χ0v) is 5.58. The molecule has 1 saturated carbocycles. The summed E-state index contributed by atoms with van der Waals surface area (Å²) in [5, 5.41) is 17.0. The van der Waals surface area contributed by atoms with Crippen LogP contribution >= 0.6 is 0 Å². The molecule has 0 aromatic heterocycles. The molecule has 0 bridgehead atoms. The first-order valence-corrected chi connectivity index (χ1v) is 3.60. The van der Waals surface area contributed by atoms with Crippen molar-refractivity contribution in [2.24, 2.45) is 11.8 Å². The Balaban J connectivity index is 1.96. The summed E-state index contributed by atoms with van der Waals surface area (Å²) < 4.78 is 0. The molecule has 0 aromatic carbocycles. The van der Waals surface area contributed by atoms with E-state index in [9.17, 15) is 0 Å². The van der Waals surface area contributed by atoms with Gasteiger partial charge in [-0.2, -0.15) is 0 Å². The van der Waals surface area contributed by atoms with Gasteiger partial charge in [0.1, 0.15) is 0 Å². The topological polar surface area (TPSA) is 40.5 Å². The largest absolute Gasteiger partial charge is 0.396 e. The third kappa shape index (κ3) is 1.95. The van der Waals surface area contributed by atoms with Crippen LogP contribution in [-0.2, 0) is 0 Å². The lowest BCUT2D eigenvalue weighted by Crippen LogP contribution is -1.90. The van der Waals surface area contributed by atoms with Crippen LogP contribution in [0.5, 0.6) is 0 Å². The molecule has 1 aliphatic rings. The van der Waals surface area contributed by atoms with Crippen LogP contribution in [-0.4, -0.2) is 23.4 Å². The molecule has 1 rings (SSSR count).